The van der Waals surface area contributed by atoms with Gasteiger partial charge in [-0.15, -0.1) is 0 Å². The van der Waals surface area contributed by atoms with Gasteiger partial charge in [0.15, 0.2) is 0 Å². The van der Waals surface area contributed by atoms with Crippen molar-refractivity contribution < 1.29 is 38.9 Å². The number of cyclic esters (lactones) is 1. The van der Waals surface area contributed by atoms with Crippen molar-refractivity contribution in [3.8, 4) is 17.6 Å². The average molecular weight is 790 g/mol. The first-order valence-corrected chi connectivity index (χ1v) is 19.0. The minimum Gasteiger partial charge on any atom is -0.508 e. The van der Waals surface area contributed by atoms with Gasteiger partial charge in [0.25, 0.3) is 0 Å². The van der Waals surface area contributed by atoms with Gasteiger partial charge >= 0.3 is 24.0 Å². The molecule has 0 aromatic heterocycles. The number of rotatable bonds is 7. The van der Waals surface area contributed by atoms with Crippen LogP contribution in [0.5, 0.6) is 5.75 Å². The third kappa shape index (κ3) is 6.59. The van der Waals surface area contributed by atoms with Crippen LogP contribution in [-0.2, 0) is 24.5 Å². The molecule has 0 unspecified atom stereocenters. The Balaban J connectivity index is 1.40. The van der Waals surface area contributed by atoms with E-state index >= 15 is 4.79 Å². The number of hydrogen-bond acceptors (Lipinski definition) is 8. The number of carboxylic acid groups (broad SMARTS) is 1. The van der Waals surface area contributed by atoms with Crippen LogP contribution in [0.2, 0.25) is 0 Å². The topological polar surface area (TPSA) is 192 Å². The lowest BCUT2D eigenvalue weighted by Crippen LogP contribution is -2.54. The van der Waals surface area contributed by atoms with Gasteiger partial charge < -0.3 is 31.3 Å². The van der Waals surface area contributed by atoms with Crippen LogP contribution in [0.3, 0.4) is 0 Å². The van der Waals surface area contributed by atoms with Gasteiger partial charge in [-0.05, 0) is 65.1 Å². The first kappa shape index (κ1) is 38.4. The van der Waals surface area contributed by atoms with E-state index in [2.05, 4.69) is 22.5 Å². The molecule has 5 aromatic carbocycles. The Morgan fingerprint density at radius 3 is 2.08 bits per heavy atom. The van der Waals surface area contributed by atoms with Gasteiger partial charge in [0, 0.05) is 5.56 Å². The molecule has 296 valence electrons. The standard InChI is InChI=1S/C46H39N5O8/c1-27(29-13-5-2-6-14-29)49-45(58)50-35-24-19-28(12-11-25-48-44(47)57)26-34(35)46(43(50)56)36(41(53)54)38-42(55)59-39(31-17-9-4-10-18-31)37(30-15-7-3-8-16-30)51(38)40(46)32-20-22-33(52)23-21-32/h2-10,13-24,26-27,36-40,52H,25H2,1H3,(H,49,58)(H,53,54)(H3,47,48,57)/t27-,36+,37+,38+,39-,40-,46+/m1/s1. The minimum absolute atomic E-state index is 0.0804. The molecule has 0 saturated carbocycles. The summed E-state index contributed by atoms with van der Waals surface area (Å²) in [5, 5.41) is 27.3. The fraction of sp³-hybridized carbons (Fsp3) is 0.196. The molecule has 2 saturated heterocycles. The van der Waals surface area contributed by atoms with Crippen LogP contribution >= 0.6 is 0 Å². The van der Waals surface area contributed by atoms with Crippen LogP contribution < -0.4 is 21.3 Å². The van der Waals surface area contributed by atoms with E-state index in [9.17, 15) is 29.4 Å². The van der Waals surface area contributed by atoms with Crippen LogP contribution in [0.4, 0.5) is 15.3 Å². The third-order valence-electron chi connectivity index (χ3n) is 11.4. The number of carbonyl (C=O) groups excluding carboxylic acids is 4. The average Bonchev–Trinajstić information content (AvgIpc) is 3.70. The van der Waals surface area contributed by atoms with Crippen molar-refractivity contribution in [2.75, 3.05) is 11.4 Å². The Bertz CT molecular complexity index is 2510. The van der Waals surface area contributed by atoms with Crippen LogP contribution in [0, 0.1) is 17.8 Å². The molecular weight excluding hydrogens is 751 g/mol. The van der Waals surface area contributed by atoms with Gasteiger partial charge in [0.1, 0.15) is 29.2 Å². The Morgan fingerprint density at radius 2 is 1.46 bits per heavy atom. The number of aromatic hydroxyl groups is 1. The van der Waals surface area contributed by atoms with E-state index in [0.29, 0.717) is 22.3 Å². The molecule has 3 aliphatic heterocycles. The Labute approximate surface area is 339 Å². The summed E-state index contributed by atoms with van der Waals surface area (Å²) in [6.07, 6.45) is -0.955. The lowest BCUT2D eigenvalue weighted by Gasteiger charge is -2.46. The summed E-state index contributed by atoms with van der Waals surface area (Å²) in [6, 6.07) is 32.4. The number of carboxylic acids is 1. The number of urea groups is 2. The molecule has 59 heavy (non-hydrogen) atoms. The second kappa shape index (κ2) is 15.5. The first-order chi connectivity index (χ1) is 28.5. The zero-order valence-corrected chi connectivity index (χ0v) is 31.7. The van der Waals surface area contributed by atoms with Gasteiger partial charge in [-0.3, -0.25) is 19.3 Å². The SMILES string of the molecule is C[C@@H](NC(=O)N1C(=O)[C@@]2(c3cc(C#CCNC(N)=O)ccc31)[C@H](C(=O)O)[C@H]1C(=O)O[C@H](c3ccccc3)[C@H](c3ccccc3)N1[C@@H]2c1ccc(O)cc1)c1ccccc1. The molecule has 6 N–H and O–H groups in total. The van der Waals surface area contributed by atoms with Crippen molar-refractivity contribution in [2.45, 2.75) is 42.6 Å². The molecule has 0 radical (unpaired) electrons. The summed E-state index contributed by atoms with van der Waals surface area (Å²) < 4.78 is 6.29. The quantitative estimate of drug-likeness (QED) is 0.103. The number of fused-ring (bicyclic) bond motifs is 3. The third-order valence-corrected chi connectivity index (χ3v) is 11.4. The summed E-state index contributed by atoms with van der Waals surface area (Å²) in [5.41, 5.74) is 6.15. The van der Waals surface area contributed by atoms with Gasteiger partial charge in [-0.2, -0.15) is 0 Å². The fourth-order valence-corrected chi connectivity index (χ4v) is 8.97. The van der Waals surface area contributed by atoms with Crippen LogP contribution in [0.15, 0.2) is 133 Å². The molecule has 3 aliphatic rings. The number of morpholine rings is 1. The number of benzene rings is 5. The number of phenols is 1. The molecule has 13 heteroatoms. The maximum absolute atomic E-state index is 15.9. The Hall–Kier alpha value is -7.43. The van der Waals surface area contributed by atoms with Gasteiger partial charge in [0.05, 0.1) is 30.4 Å². The van der Waals surface area contributed by atoms with Gasteiger partial charge in [-0.1, -0.05) is 115 Å². The lowest BCUT2D eigenvalue weighted by atomic mass is 9.65. The van der Waals surface area contributed by atoms with E-state index in [4.69, 9.17) is 10.5 Å². The molecule has 13 nitrogen and oxygen atoms in total. The van der Waals surface area contributed by atoms with E-state index in [1.165, 1.54) is 18.2 Å². The molecule has 0 bridgehead atoms. The smallest absolute Gasteiger partial charge is 0.329 e. The number of anilines is 1. The molecule has 1 spiro atoms. The number of ether oxygens (including phenoxy) is 1. The van der Waals surface area contributed by atoms with Crippen molar-refractivity contribution in [3.63, 3.8) is 0 Å². The lowest BCUT2D eigenvalue weighted by molar-refractivity contribution is -0.179. The molecule has 7 atom stereocenters. The van der Waals surface area contributed by atoms with E-state index in [1.807, 2.05) is 91.0 Å². The number of esters is 1. The first-order valence-electron chi connectivity index (χ1n) is 19.0. The molecule has 8 rings (SSSR count). The number of nitrogens with zero attached hydrogens (tertiary/aromatic N) is 2. The van der Waals surface area contributed by atoms with Gasteiger partial charge in [0.2, 0.25) is 5.91 Å². The molecule has 3 heterocycles. The number of nitrogens with one attached hydrogen (secondary N) is 2. The van der Waals surface area contributed by atoms with Crippen molar-refractivity contribution in [1.82, 2.24) is 15.5 Å². The number of imide groups is 1. The summed E-state index contributed by atoms with van der Waals surface area (Å²) >= 11 is 0. The minimum atomic E-state index is -2.17. The maximum atomic E-state index is 15.9. The summed E-state index contributed by atoms with van der Waals surface area (Å²) in [5.74, 6) is 0.676. The highest BCUT2D eigenvalue weighted by Crippen LogP contribution is 2.66. The van der Waals surface area contributed by atoms with E-state index in [0.717, 1.165) is 10.5 Å². The van der Waals surface area contributed by atoms with E-state index in [-0.39, 0.29) is 23.5 Å². The zero-order valence-electron chi connectivity index (χ0n) is 31.7. The summed E-state index contributed by atoms with van der Waals surface area (Å²) in [4.78, 5) is 73.4. The summed E-state index contributed by atoms with van der Waals surface area (Å²) in [6.45, 7) is 1.67. The van der Waals surface area contributed by atoms with Crippen molar-refractivity contribution >= 4 is 35.6 Å². The number of carbonyl (C=O) groups is 5. The largest absolute Gasteiger partial charge is 0.508 e. The highest BCUT2D eigenvalue weighted by molar-refractivity contribution is 6.24. The second-order valence-corrected chi connectivity index (χ2v) is 14.7. The highest BCUT2D eigenvalue weighted by atomic mass is 16.6. The number of nitrogens with two attached hydrogens (primary N) is 1. The molecular formula is C46H39N5O8. The maximum Gasteiger partial charge on any atom is 0.329 e. The fourth-order valence-electron chi connectivity index (χ4n) is 8.97. The Morgan fingerprint density at radius 1 is 0.831 bits per heavy atom. The van der Waals surface area contributed by atoms with Gasteiger partial charge in [-0.25, -0.2) is 14.5 Å². The van der Waals surface area contributed by atoms with E-state index in [1.54, 1.807) is 36.1 Å². The van der Waals surface area contributed by atoms with Crippen molar-refractivity contribution in [2.24, 2.45) is 11.7 Å². The zero-order chi connectivity index (χ0) is 41.4. The number of phenolic OH excluding ortho intramolecular Hbond substituents is 1. The van der Waals surface area contributed by atoms with Crippen LogP contribution in [0.25, 0.3) is 0 Å². The number of hydrogen-bond donors (Lipinski definition) is 5. The predicted octanol–water partition coefficient (Wildman–Crippen LogP) is 5.63. The predicted molar refractivity (Wildman–Crippen MR) is 216 cm³/mol. The van der Waals surface area contributed by atoms with Crippen molar-refractivity contribution in [1.29, 1.82) is 0 Å². The second-order valence-electron chi connectivity index (χ2n) is 14.7. The molecule has 5 aromatic rings. The monoisotopic (exact) mass is 789 g/mol. The number of aliphatic carboxylic acids is 1. The molecule has 5 amide bonds. The number of primary amides is 1. The highest BCUT2D eigenvalue weighted by Gasteiger charge is 2.76. The van der Waals surface area contributed by atoms with E-state index < -0.39 is 71.5 Å². The number of amides is 5. The van der Waals surface area contributed by atoms with Crippen LogP contribution in [-0.4, -0.2) is 57.6 Å². The summed E-state index contributed by atoms with van der Waals surface area (Å²) in [7, 11) is 0. The Kier molecular flexibility index (Phi) is 10.1. The molecule has 2 fully saturated rings. The normalized spacial score (nSPS) is 23.6. The van der Waals surface area contributed by atoms with Crippen molar-refractivity contribution in [3.05, 3.63) is 167 Å². The molecule has 0 aliphatic carbocycles. The van der Waals surface area contributed by atoms with Crippen LogP contribution in [0.1, 0.15) is 64.5 Å².